The molecule has 13 N–H and O–H groups in total. The Morgan fingerprint density at radius 3 is 2.17 bits per heavy atom. The lowest BCUT2D eigenvalue weighted by Gasteiger charge is -2.26. The number of benzene rings is 3. The van der Waals surface area contributed by atoms with Gasteiger partial charge in [-0.05, 0) is 40.8 Å². The summed E-state index contributed by atoms with van der Waals surface area (Å²) in [6, 6.07) is 14.4. The predicted octanol–water partition coefficient (Wildman–Crippen LogP) is 0.0658. The van der Waals surface area contributed by atoms with Crippen LogP contribution in [0.25, 0.3) is 21.7 Å². The molecule has 0 saturated carbocycles. The molecule has 5 aromatic rings. The van der Waals surface area contributed by atoms with Gasteiger partial charge in [-0.25, -0.2) is 4.98 Å². The first-order chi connectivity index (χ1) is 27.9. The lowest BCUT2D eigenvalue weighted by atomic mass is 9.99. The Hall–Kier alpha value is -7.08. The number of carbonyl (C=O) groups is 6. The molecule has 0 spiro atoms. The van der Waals surface area contributed by atoms with Crippen molar-refractivity contribution in [2.45, 2.75) is 68.7 Å². The number of imidazole rings is 1. The van der Waals surface area contributed by atoms with Gasteiger partial charge in [0.05, 0.1) is 24.8 Å². The van der Waals surface area contributed by atoms with Crippen LogP contribution in [0.15, 0.2) is 90.4 Å². The van der Waals surface area contributed by atoms with Crippen LogP contribution >= 0.6 is 0 Å². The van der Waals surface area contributed by atoms with Crippen molar-refractivity contribution in [1.29, 1.82) is 0 Å². The summed E-state index contributed by atoms with van der Waals surface area (Å²) in [6.45, 7) is 0.144. The van der Waals surface area contributed by atoms with Crippen LogP contribution in [-0.4, -0.2) is 98.7 Å². The zero-order chi connectivity index (χ0) is 41.6. The number of carbonyl (C=O) groups excluding carboxylic acids is 5. The number of aliphatic carboxylic acids is 1. The number of carboxylic acids is 1. The Morgan fingerprint density at radius 2 is 1.47 bits per heavy atom. The number of hydrogen-bond acceptors (Lipinski definition) is 9. The molecule has 2 aromatic heterocycles. The predicted molar refractivity (Wildman–Crippen MR) is 216 cm³/mol. The molecule has 0 fully saturated rings. The zero-order valence-electron chi connectivity index (χ0n) is 31.5. The lowest BCUT2D eigenvalue weighted by molar-refractivity contribution is -0.139. The molecule has 0 radical (unpaired) electrons. The molecule has 4 amide bonds. The summed E-state index contributed by atoms with van der Waals surface area (Å²) in [5.41, 5.74) is 19.6. The fourth-order valence-electron chi connectivity index (χ4n) is 6.47. The van der Waals surface area contributed by atoms with Gasteiger partial charge >= 0.3 is 5.97 Å². The van der Waals surface area contributed by atoms with Crippen molar-refractivity contribution in [1.82, 2.24) is 36.2 Å². The van der Waals surface area contributed by atoms with E-state index in [1.54, 1.807) is 6.20 Å². The highest BCUT2D eigenvalue weighted by Gasteiger charge is 2.32. The summed E-state index contributed by atoms with van der Waals surface area (Å²) in [4.78, 5) is 92.7. The van der Waals surface area contributed by atoms with Crippen molar-refractivity contribution < 1.29 is 33.9 Å². The summed E-state index contributed by atoms with van der Waals surface area (Å²) in [5.74, 6) is -4.53. The van der Waals surface area contributed by atoms with Crippen molar-refractivity contribution in [2.75, 3.05) is 6.54 Å². The second kappa shape index (κ2) is 20.2. The number of aldehydes is 1. The maximum Gasteiger partial charge on any atom is 0.305 e. The maximum absolute atomic E-state index is 14.3. The number of nitrogens with zero attached hydrogens (tertiary/aromatic N) is 2. The van der Waals surface area contributed by atoms with Crippen LogP contribution < -0.4 is 38.5 Å². The van der Waals surface area contributed by atoms with E-state index in [1.807, 2.05) is 66.7 Å². The number of para-hydroxylation sites is 1. The van der Waals surface area contributed by atoms with Gasteiger partial charge in [0.1, 0.15) is 24.4 Å². The van der Waals surface area contributed by atoms with Gasteiger partial charge in [-0.2, -0.15) is 0 Å². The van der Waals surface area contributed by atoms with Crippen LogP contribution in [-0.2, 0) is 48.0 Å². The van der Waals surface area contributed by atoms with E-state index in [0.717, 1.165) is 27.2 Å². The fraction of sp³-hybridized carbons (Fsp3) is 0.300. The number of nitrogens with one attached hydrogen (secondary N) is 6. The van der Waals surface area contributed by atoms with Gasteiger partial charge in [0.15, 0.2) is 5.96 Å². The molecule has 5 atom stereocenters. The minimum Gasteiger partial charge on any atom is -0.481 e. The quantitative estimate of drug-likeness (QED) is 0.0205. The number of H-pyrrole nitrogens is 2. The smallest absolute Gasteiger partial charge is 0.305 e. The second-order valence-corrected chi connectivity index (χ2v) is 13.8. The van der Waals surface area contributed by atoms with Gasteiger partial charge in [0.2, 0.25) is 23.6 Å². The van der Waals surface area contributed by atoms with E-state index in [0.29, 0.717) is 17.5 Å². The highest BCUT2D eigenvalue weighted by Crippen LogP contribution is 2.20. The number of fused-ring (bicyclic) bond motifs is 2. The number of aromatic amines is 2. The average molecular weight is 794 g/mol. The molecular weight excluding hydrogens is 747 g/mol. The molecular formula is C40H47N11O7. The number of hydrogen-bond donors (Lipinski definition) is 10. The van der Waals surface area contributed by atoms with E-state index in [4.69, 9.17) is 22.3 Å². The van der Waals surface area contributed by atoms with E-state index in [9.17, 15) is 28.8 Å². The Morgan fingerprint density at radius 1 is 0.793 bits per heavy atom. The lowest BCUT2D eigenvalue weighted by Crippen LogP contribution is -2.59. The number of aromatic nitrogens is 3. The largest absolute Gasteiger partial charge is 0.481 e. The topological polar surface area (TPSA) is 306 Å². The van der Waals surface area contributed by atoms with Gasteiger partial charge in [-0.1, -0.05) is 60.7 Å². The van der Waals surface area contributed by atoms with Crippen LogP contribution in [0.5, 0.6) is 0 Å². The molecule has 0 aliphatic carbocycles. The van der Waals surface area contributed by atoms with E-state index in [1.165, 1.54) is 12.5 Å². The molecule has 18 nitrogen and oxygen atoms in total. The van der Waals surface area contributed by atoms with E-state index in [-0.39, 0.29) is 44.6 Å². The molecule has 0 bridgehead atoms. The first-order valence-electron chi connectivity index (χ1n) is 18.6. The third-order valence-electron chi connectivity index (χ3n) is 9.41. The van der Waals surface area contributed by atoms with Crippen LogP contribution in [0.2, 0.25) is 0 Å². The van der Waals surface area contributed by atoms with Crippen LogP contribution in [0, 0.1) is 0 Å². The number of amides is 4. The van der Waals surface area contributed by atoms with E-state index >= 15 is 0 Å². The molecule has 0 aliphatic rings. The third-order valence-corrected chi connectivity index (χ3v) is 9.41. The second-order valence-electron chi connectivity index (χ2n) is 13.8. The maximum atomic E-state index is 14.3. The molecule has 0 aliphatic heterocycles. The standard InChI is InChI=1S/C40H47N11O7/c41-30(18-35(53)54)36(55)50-34(17-27-20-44-22-47-27)39(58)51-33(15-23-11-12-24-6-1-2-7-25(24)14-23)38(57)49-32(10-5-13-45-40(42)43)37(56)48-28(21-52)16-26-19-46-31-9-4-3-8-29(26)31/h1-4,6-9,11-12,14,19-22,28,30,32-34,46H,5,10,13,15-18,41H2,(H,44,47)(H,48,56)(H,49,57)(H,50,55)(H,51,58)(H,53,54)(H4,42,43,45)/t28-,30-,32-,33+,34-/m0/s1. The SMILES string of the molecule is NC(N)=NCCC[C@H](NC(=O)[C@@H](Cc1ccc2ccccc2c1)NC(=O)[C@H](Cc1cnc[nH]1)NC(=O)[C@@H](N)CC(=O)O)C(=O)N[C@H](C=O)Cc1c[nH]c2ccccc12. The van der Waals surface area contributed by atoms with Gasteiger partial charge in [0, 0.05) is 54.8 Å². The third kappa shape index (κ3) is 12.0. The number of aliphatic imine (C=N–C) groups is 1. The highest BCUT2D eigenvalue weighted by molar-refractivity contribution is 5.96. The van der Waals surface area contributed by atoms with Gasteiger partial charge in [0.25, 0.3) is 0 Å². The average Bonchev–Trinajstić information content (AvgIpc) is 3.87. The van der Waals surface area contributed by atoms with Crippen molar-refractivity contribution in [2.24, 2.45) is 22.2 Å². The van der Waals surface area contributed by atoms with Crippen molar-refractivity contribution in [3.63, 3.8) is 0 Å². The van der Waals surface area contributed by atoms with Gasteiger partial charge < -0.3 is 58.3 Å². The molecule has 2 heterocycles. The molecule has 304 valence electrons. The minimum absolute atomic E-state index is 0.0362. The molecule has 0 unspecified atom stereocenters. The Bertz CT molecular complexity index is 2250. The van der Waals surface area contributed by atoms with Crippen molar-refractivity contribution in [3.8, 4) is 0 Å². The summed E-state index contributed by atoms with van der Waals surface area (Å²) < 4.78 is 0. The molecule has 18 heteroatoms. The highest BCUT2D eigenvalue weighted by atomic mass is 16.4. The van der Waals surface area contributed by atoms with Gasteiger partial charge in [-0.3, -0.25) is 29.0 Å². The van der Waals surface area contributed by atoms with Crippen LogP contribution in [0.1, 0.15) is 36.1 Å². The van der Waals surface area contributed by atoms with E-state index < -0.39 is 66.2 Å². The first kappa shape index (κ1) is 42.1. The summed E-state index contributed by atoms with van der Waals surface area (Å²) in [6.07, 6.45) is 4.88. The Labute approximate surface area is 332 Å². The Kier molecular flexibility index (Phi) is 14.6. The summed E-state index contributed by atoms with van der Waals surface area (Å²) in [5, 5.41) is 22.6. The van der Waals surface area contributed by atoms with Crippen LogP contribution in [0.4, 0.5) is 0 Å². The normalized spacial score (nSPS) is 13.7. The number of nitrogens with two attached hydrogens (primary N) is 3. The number of guanidine groups is 1. The fourth-order valence-corrected chi connectivity index (χ4v) is 6.47. The minimum atomic E-state index is -1.46. The van der Waals surface area contributed by atoms with Crippen molar-refractivity contribution in [3.05, 3.63) is 102 Å². The molecule has 3 aromatic carbocycles. The van der Waals surface area contributed by atoms with E-state index in [2.05, 4.69) is 41.2 Å². The number of rotatable bonds is 21. The monoisotopic (exact) mass is 793 g/mol. The van der Waals surface area contributed by atoms with Crippen LogP contribution in [0.3, 0.4) is 0 Å². The molecule has 58 heavy (non-hydrogen) atoms. The number of carboxylic acid groups (broad SMARTS) is 1. The van der Waals surface area contributed by atoms with Gasteiger partial charge in [-0.15, -0.1) is 0 Å². The first-order valence-corrected chi connectivity index (χ1v) is 18.6. The summed E-state index contributed by atoms with van der Waals surface area (Å²) >= 11 is 0. The molecule has 0 saturated heterocycles. The zero-order valence-corrected chi connectivity index (χ0v) is 31.5. The van der Waals surface area contributed by atoms with Crippen molar-refractivity contribution >= 4 is 63.5 Å². The molecule has 5 rings (SSSR count). The summed E-state index contributed by atoms with van der Waals surface area (Å²) in [7, 11) is 0. The Balaban J connectivity index is 1.40.